The van der Waals surface area contributed by atoms with E-state index in [9.17, 15) is 22.8 Å². The number of para-hydroxylation sites is 2. The van der Waals surface area contributed by atoms with Crippen LogP contribution in [0.1, 0.15) is 32.9 Å². The van der Waals surface area contributed by atoms with E-state index < -0.39 is 36.9 Å². The number of benzene rings is 2. The summed E-state index contributed by atoms with van der Waals surface area (Å²) < 4.78 is 45.6. The van der Waals surface area contributed by atoms with Crippen molar-refractivity contribution < 1.29 is 27.5 Å². The summed E-state index contributed by atoms with van der Waals surface area (Å²) in [6.07, 6.45) is -4.73. The number of esters is 1. The molecule has 0 saturated carbocycles. The Morgan fingerprint density at radius 1 is 1.03 bits per heavy atom. The van der Waals surface area contributed by atoms with Gasteiger partial charge in [-0.25, -0.2) is 4.98 Å². The molecule has 3 rings (SSSR count). The van der Waals surface area contributed by atoms with Crippen LogP contribution in [0.3, 0.4) is 0 Å². The van der Waals surface area contributed by atoms with E-state index in [1.165, 1.54) is 12.1 Å². The molecule has 0 N–H and O–H groups in total. The highest BCUT2D eigenvalue weighted by Gasteiger charge is 2.38. The Balaban J connectivity index is 1.77. The number of ether oxygens (including phenoxy) is 1. The van der Waals surface area contributed by atoms with E-state index >= 15 is 0 Å². The molecule has 5 nitrogen and oxygen atoms in total. The Kier molecular flexibility index (Phi) is 5.46. The van der Waals surface area contributed by atoms with Crippen LogP contribution in [0, 0.1) is 20.8 Å². The highest BCUT2D eigenvalue weighted by Crippen LogP contribution is 2.31. The first-order chi connectivity index (χ1) is 13.6. The lowest BCUT2D eigenvalue weighted by molar-refractivity contribution is -0.150. The highest BCUT2D eigenvalue weighted by molar-refractivity contribution is 5.99. The zero-order chi connectivity index (χ0) is 21.3. The molecule has 8 heteroatoms. The van der Waals surface area contributed by atoms with Crippen molar-refractivity contribution in [2.24, 2.45) is 0 Å². The molecule has 0 aliphatic heterocycles. The number of hydrogen-bond donors (Lipinski definition) is 0. The SMILES string of the molecule is Cc1cc(C)c(C(=O)COC(=O)Cn2c(C(F)(F)F)nc3ccccc32)cc1C. The Labute approximate surface area is 165 Å². The third kappa shape index (κ3) is 4.31. The summed E-state index contributed by atoms with van der Waals surface area (Å²) in [7, 11) is 0. The largest absolute Gasteiger partial charge is 0.456 e. The Hall–Kier alpha value is -3.16. The third-order valence-corrected chi connectivity index (χ3v) is 4.70. The van der Waals surface area contributed by atoms with Crippen LogP contribution < -0.4 is 0 Å². The third-order valence-electron chi connectivity index (χ3n) is 4.70. The molecule has 152 valence electrons. The van der Waals surface area contributed by atoms with Crippen molar-refractivity contribution in [2.45, 2.75) is 33.5 Å². The van der Waals surface area contributed by atoms with Gasteiger partial charge in [0.05, 0.1) is 11.0 Å². The van der Waals surface area contributed by atoms with E-state index in [1.807, 2.05) is 19.9 Å². The van der Waals surface area contributed by atoms with Gasteiger partial charge in [-0.15, -0.1) is 0 Å². The van der Waals surface area contributed by atoms with Crippen molar-refractivity contribution in [3.8, 4) is 0 Å². The van der Waals surface area contributed by atoms with E-state index in [1.54, 1.807) is 25.1 Å². The van der Waals surface area contributed by atoms with E-state index in [0.717, 1.165) is 21.3 Å². The zero-order valence-electron chi connectivity index (χ0n) is 16.1. The number of halogens is 3. The van der Waals surface area contributed by atoms with E-state index in [4.69, 9.17) is 4.74 Å². The summed E-state index contributed by atoms with van der Waals surface area (Å²) in [5, 5.41) is 0. The number of ketones is 1. The van der Waals surface area contributed by atoms with Crippen molar-refractivity contribution in [2.75, 3.05) is 6.61 Å². The van der Waals surface area contributed by atoms with Gasteiger partial charge in [-0.05, 0) is 55.7 Å². The Bertz CT molecular complexity index is 1100. The second-order valence-corrected chi connectivity index (χ2v) is 6.84. The van der Waals surface area contributed by atoms with Crippen LogP contribution in [0.2, 0.25) is 0 Å². The summed E-state index contributed by atoms with van der Waals surface area (Å²) in [6.45, 7) is 4.31. The van der Waals surface area contributed by atoms with Gasteiger partial charge in [-0.3, -0.25) is 9.59 Å². The Morgan fingerprint density at radius 2 is 1.69 bits per heavy atom. The molecule has 0 atom stereocenters. The number of nitrogens with zero attached hydrogens (tertiary/aromatic N) is 2. The molecule has 0 amide bonds. The predicted octanol–water partition coefficient (Wildman–Crippen LogP) is 4.41. The van der Waals surface area contributed by atoms with Gasteiger partial charge in [-0.1, -0.05) is 18.2 Å². The van der Waals surface area contributed by atoms with Crippen molar-refractivity contribution in [3.63, 3.8) is 0 Å². The standard InChI is InChI=1S/C21H19F3N2O3/c1-12-8-14(3)15(9-13(12)2)18(27)11-29-19(28)10-26-17-7-5-4-6-16(17)25-20(26)21(22,23)24/h4-9H,10-11H2,1-3H3. The lowest BCUT2D eigenvalue weighted by Crippen LogP contribution is -2.22. The van der Waals surface area contributed by atoms with Crippen LogP contribution in [-0.2, 0) is 22.3 Å². The molecular weight excluding hydrogens is 385 g/mol. The number of alkyl halides is 3. The quantitative estimate of drug-likeness (QED) is 0.467. The van der Waals surface area contributed by atoms with Crippen LogP contribution in [0.15, 0.2) is 36.4 Å². The normalized spacial score (nSPS) is 11.7. The summed E-state index contributed by atoms with van der Waals surface area (Å²) in [6, 6.07) is 9.55. The minimum absolute atomic E-state index is 0.120. The summed E-state index contributed by atoms with van der Waals surface area (Å²) in [4.78, 5) is 28.2. The summed E-state index contributed by atoms with van der Waals surface area (Å²) in [5.74, 6) is -2.55. The first-order valence-electron chi connectivity index (χ1n) is 8.87. The molecule has 2 aromatic carbocycles. The fourth-order valence-electron chi connectivity index (χ4n) is 3.11. The van der Waals surface area contributed by atoms with E-state index in [0.29, 0.717) is 5.56 Å². The maximum absolute atomic E-state index is 13.3. The first-order valence-corrected chi connectivity index (χ1v) is 8.87. The van der Waals surface area contributed by atoms with Crippen molar-refractivity contribution >= 4 is 22.8 Å². The average Bonchev–Trinajstić information content (AvgIpc) is 3.02. The minimum atomic E-state index is -4.73. The minimum Gasteiger partial charge on any atom is -0.456 e. The van der Waals surface area contributed by atoms with Crippen LogP contribution in [0.5, 0.6) is 0 Å². The number of aromatic nitrogens is 2. The molecule has 0 radical (unpaired) electrons. The maximum atomic E-state index is 13.3. The van der Waals surface area contributed by atoms with Crippen molar-refractivity contribution in [3.05, 3.63) is 64.5 Å². The molecule has 0 aliphatic rings. The molecule has 1 aromatic heterocycles. The zero-order valence-corrected chi connectivity index (χ0v) is 16.1. The molecule has 0 unspecified atom stereocenters. The van der Waals surface area contributed by atoms with Gasteiger partial charge < -0.3 is 9.30 Å². The van der Waals surface area contributed by atoms with Crippen LogP contribution in [0.4, 0.5) is 13.2 Å². The number of carbonyl (C=O) groups excluding carboxylic acids is 2. The van der Waals surface area contributed by atoms with Gasteiger partial charge in [0, 0.05) is 5.56 Å². The second kappa shape index (κ2) is 7.69. The number of fused-ring (bicyclic) bond motifs is 1. The van der Waals surface area contributed by atoms with Gasteiger partial charge in [-0.2, -0.15) is 13.2 Å². The molecule has 0 saturated heterocycles. The number of rotatable bonds is 5. The fourth-order valence-corrected chi connectivity index (χ4v) is 3.11. The van der Waals surface area contributed by atoms with Gasteiger partial charge >= 0.3 is 12.1 Å². The van der Waals surface area contributed by atoms with Crippen molar-refractivity contribution in [1.82, 2.24) is 9.55 Å². The number of hydrogen-bond acceptors (Lipinski definition) is 4. The lowest BCUT2D eigenvalue weighted by Gasteiger charge is -2.12. The molecule has 0 bridgehead atoms. The number of aryl methyl sites for hydroxylation is 3. The van der Waals surface area contributed by atoms with Gasteiger partial charge in [0.2, 0.25) is 11.6 Å². The lowest BCUT2D eigenvalue weighted by atomic mass is 9.98. The smallest absolute Gasteiger partial charge is 0.449 e. The predicted molar refractivity (Wildman–Crippen MR) is 101 cm³/mol. The van der Waals surface area contributed by atoms with Crippen molar-refractivity contribution in [1.29, 1.82) is 0 Å². The number of carbonyl (C=O) groups is 2. The number of Topliss-reactive ketones (excluding diaryl/α,β-unsaturated/α-hetero) is 1. The topological polar surface area (TPSA) is 61.2 Å². The van der Waals surface area contributed by atoms with Gasteiger partial charge in [0.15, 0.2) is 6.61 Å². The second-order valence-electron chi connectivity index (χ2n) is 6.84. The monoisotopic (exact) mass is 404 g/mol. The number of imidazole rings is 1. The average molecular weight is 404 g/mol. The molecule has 3 aromatic rings. The molecule has 0 spiro atoms. The fraction of sp³-hybridized carbons (Fsp3) is 0.286. The molecule has 0 fully saturated rings. The molecular formula is C21H19F3N2O3. The van der Waals surface area contributed by atoms with Gasteiger partial charge in [0.25, 0.3) is 0 Å². The molecule has 0 aliphatic carbocycles. The van der Waals surface area contributed by atoms with E-state index in [-0.39, 0.29) is 11.0 Å². The van der Waals surface area contributed by atoms with Crippen LogP contribution in [0.25, 0.3) is 11.0 Å². The summed E-state index contributed by atoms with van der Waals surface area (Å²) >= 11 is 0. The van der Waals surface area contributed by atoms with Crippen LogP contribution >= 0.6 is 0 Å². The highest BCUT2D eigenvalue weighted by atomic mass is 19.4. The first kappa shape index (κ1) is 20.6. The van der Waals surface area contributed by atoms with E-state index in [2.05, 4.69) is 4.98 Å². The maximum Gasteiger partial charge on any atom is 0.449 e. The van der Waals surface area contributed by atoms with Crippen LogP contribution in [-0.4, -0.2) is 27.9 Å². The molecule has 29 heavy (non-hydrogen) atoms. The summed E-state index contributed by atoms with van der Waals surface area (Å²) in [5.41, 5.74) is 3.40. The Morgan fingerprint density at radius 3 is 2.38 bits per heavy atom. The molecule has 1 heterocycles. The van der Waals surface area contributed by atoms with Gasteiger partial charge in [0.1, 0.15) is 6.54 Å².